The Morgan fingerprint density at radius 2 is 2.00 bits per heavy atom. The van der Waals surface area contributed by atoms with Crippen LogP contribution < -0.4 is 5.32 Å². The smallest absolute Gasteiger partial charge is 0.0509 e. The van der Waals surface area contributed by atoms with Crippen LogP contribution in [0.25, 0.3) is 0 Å². The van der Waals surface area contributed by atoms with Gasteiger partial charge in [0.1, 0.15) is 0 Å². The first kappa shape index (κ1) is 13.1. The summed E-state index contributed by atoms with van der Waals surface area (Å²) in [6.45, 7) is 6.30. The van der Waals surface area contributed by atoms with Crippen LogP contribution in [-0.4, -0.2) is 19.3 Å². The Morgan fingerprint density at radius 1 is 1.29 bits per heavy atom. The quantitative estimate of drug-likeness (QED) is 0.918. The molecule has 94 valence electrons. The zero-order chi connectivity index (χ0) is 12.3. The van der Waals surface area contributed by atoms with Crippen molar-refractivity contribution in [2.75, 3.05) is 13.2 Å². The standard InChI is InChI=1S/C14H20BrNO/c1-10(12-3-5-14(15)6-4-12)16-11(2)13-7-8-17-9-13/h3-6,10-11,13,16H,7-9H2,1-2H3. The van der Waals surface area contributed by atoms with Crippen molar-refractivity contribution in [3.8, 4) is 0 Å². The molecule has 0 aliphatic carbocycles. The Morgan fingerprint density at radius 3 is 2.59 bits per heavy atom. The van der Waals surface area contributed by atoms with Crippen molar-refractivity contribution in [1.82, 2.24) is 5.32 Å². The molecular weight excluding hydrogens is 278 g/mol. The lowest BCUT2D eigenvalue weighted by molar-refractivity contribution is 0.177. The number of nitrogens with one attached hydrogen (secondary N) is 1. The van der Waals surface area contributed by atoms with Gasteiger partial charge in [-0.25, -0.2) is 0 Å². The van der Waals surface area contributed by atoms with Gasteiger partial charge in [-0.05, 0) is 43.9 Å². The molecule has 0 amide bonds. The van der Waals surface area contributed by atoms with Crippen LogP contribution in [0.15, 0.2) is 28.7 Å². The van der Waals surface area contributed by atoms with Crippen molar-refractivity contribution in [2.45, 2.75) is 32.4 Å². The number of rotatable bonds is 4. The molecule has 2 nitrogen and oxygen atoms in total. The van der Waals surface area contributed by atoms with E-state index in [9.17, 15) is 0 Å². The largest absolute Gasteiger partial charge is 0.381 e. The third-order valence-corrected chi connectivity index (χ3v) is 4.08. The highest BCUT2D eigenvalue weighted by atomic mass is 79.9. The first-order valence-electron chi connectivity index (χ1n) is 6.26. The summed E-state index contributed by atoms with van der Waals surface area (Å²) >= 11 is 3.46. The molecule has 1 N–H and O–H groups in total. The highest BCUT2D eigenvalue weighted by molar-refractivity contribution is 9.10. The van der Waals surface area contributed by atoms with Crippen LogP contribution in [0.5, 0.6) is 0 Å². The second-order valence-corrected chi connectivity index (χ2v) is 5.77. The SMILES string of the molecule is CC(NC(C)C1CCOC1)c1ccc(Br)cc1. The van der Waals surface area contributed by atoms with E-state index in [0.717, 1.165) is 17.7 Å². The maximum absolute atomic E-state index is 5.44. The van der Waals surface area contributed by atoms with Crippen molar-refractivity contribution in [1.29, 1.82) is 0 Å². The molecule has 3 unspecified atom stereocenters. The highest BCUT2D eigenvalue weighted by Crippen LogP contribution is 2.21. The van der Waals surface area contributed by atoms with Gasteiger partial charge in [-0.1, -0.05) is 28.1 Å². The topological polar surface area (TPSA) is 21.3 Å². The second-order valence-electron chi connectivity index (χ2n) is 4.85. The van der Waals surface area contributed by atoms with E-state index < -0.39 is 0 Å². The summed E-state index contributed by atoms with van der Waals surface area (Å²) in [7, 11) is 0. The van der Waals surface area contributed by atoms with Crippen molar-refractivity contribution in [3.63, 3.8) is 0 Å². The molecule has 1 aromatic carbocycles. The average molecular weight is 298 g/mol. The van der Waals surface area contributed by atoms with E-state index in [2.05, 4.69) is 59.4 Å². The molecule has 1 aromatic rings. The number of hydrogen-bond donors (Lipinski definition) is 1. The van der Waals surface area contributed by atoms with Gasteiger partial charge in [-0.3, -0.25) is 0 Å². The Hall–Kier alpha value is -0.380. The lowest BCUT2D eigenvalue weighted by atomic mass is 9.98. The lowest BCUT2D eigenvalue weighted by Gasteiger charge is -2.24. The highest BCUT2D eigenvalue weighted by Gasteiger charge is 2.23. The summed E-state index contributed by atoms with van der Waals surface area (Å²) in [6, 6.07) is 9.42. The summed E-state index contributed by atoms with van der Waals surface area (Å²) in [5.74, 6) is 0.660. The summed E-state index contributed by atoms with van der Waals surface area (Å²) in [5.41, 5.74) is 1.33. The van der Waals surface area contributed by atoms with Crippen LogP contribution in [0.2, 0.25) is 0 Å². The van der Waals surface area contributed by atoms with Gasteiger partial charge in [0, 0.05) is 23.2 Å². The molecule has 1 aliphatic rings. The Labute approximate surface area is 112 Å². The number of hydrogen-bond acceptors (Lipinski definition) is 2. The number of benzene rings is 1. The van der Waals surface area contributed by atoms with Crippen LogP contribution in [-0.2, 0) is 4.74 Å². The minimum Gasteiger partial charge on any atom is -0.381 e. The predicted octanol–water partition coefficient (Wildman–Crippen LogP) is 3.52. The fourth-order valence-electron chi connectivity index (χ4n) is 2.33. The molecule has 17 heavy (non-hydrogen) atoms. The van der Waals surface area contributed by atoms with E-state index in [1.165, 1.54) is 12.0 Å². The third kappa shape index (κ3) is 3.54. The molecule has 2 rings (SSSR count). The maximum atomic E-state index is 5.44. The Bertz CT molecular complexity index is 346. The van der Waals surface area contributed by atoms with Gasteiger partial charge in [0.15, 0.2) is 0 Å². The van der Waals surface area contributed by atoms with Gasteiger partial charge in [0.2, 0.25) is 0 Å². The fraction of sp³-hybridized carbons (Fsp3) is 0.571. The van der Waals surface area contributed by atoms with Crippen LogP contribution in [0, 0.1) is 5.92 Å². The summed E-state index contributed by atoms with van der Waals surface area (Å²) in [4.78, 5) is 0. The summed E-state index contributed by atoms with van der Waals surface area (Å²) in [5, 5.41) is 3.66. The first-order chi connectivity index (χ1) is 8.16. The van der Waals surface area contributed by atoms with Gasteiger partial charge in [-0.2, -0.15) is 0 Å². The van der Waals surface area contributed by atoms with Crippen molar-refractivity contribution >= 4 is 15.9 Å². The third-order valence-electron chi connectivity index (χ3n) is 3.55. The van der Waals surface area contributed by atoms with E-state index in [1.807, 2.05) is 0 Å². The lowest BCUT2D eigenvalue weighted by Crippen LogP contribution is -2.35. The van der Waals surface area contributed by atoms with E-state index in [-0.39, 0.29) is 0 Å². The van der Waals surface area contributed by atoms with E-state index in [1.54, 1.807) is 0 Å². The molecule has 0 saturated carbocycles. The van der Waals surface area contributed by atoms with E-state index in [4.69, 9.17) is 4.74 Å². The molecule has 0 radical (unpaired) electrons. The Kier molecular flexibility index (Phi) is 4.60. The van der Waals surface area contributed by atoms with Crippen LogP contribution in [0.4, 0.5) is 0 Å². The monoisotopic (exact) mass is 297 g/mol. The molecule has 0 bridgehead atoms. The minimum atomic E-state index is 0.388. The predicted molar refractivity (Wildman–Crippen MR) is 74.1 cm³/mol. The summed E-state index contributed by atoms with van der Waals surface area (Å²) in [6.07, 6.45) is 1.18. The number of ether oxygens (including phenoxy) is 1. The molecule has 0 spiro atoms. The summed E-state index contributed by atoms with van der Waals surface area (Å²) < 4.78 is 6.57. The minimum absolute atomic E-state index is 0.388. The van der Waals surface area contributed by atoms with Gasteiger partial charge in [0.25, 0.3) is 0 Å². The van der Waals surface area contributed by atoms with Gasteiger partial charge in [0.05, 0.1) is 6.61 Å². The van der Waals surface area contributed by atoms with Crippen molar-refractivity contribution in [2.24, 2.45) is 5.92 Å². The average Bonchev–Trinajstić information content (AvgIpc) is 2.83. The molecule has 3 atom stereocenters. The van der Waals surface area contributed by atoms with E-state index in [0.29, 0.717) is 18.0 Å². The Balaban J connectivity index is 1.91. The van der Waals surface area contributed by atoms with E-state index >= 15 is 0 Å². The van der Waals surface area contributed by atoms with Crippen LogP contribution >= 0.6 is 15.9 Å². The zero-order valence-electron chi connectivity index (χ0n) is 10.4. The van der Waals surface area contributed by atoms with Gasteiger partial charge < -0.3 is 10.1 Å². The van der Waals surface area contributed by atoms with Crippen molar-refractivity contribution in [3.05, 3.63) is 34.3 Å². The second kappa shape index (κ2) is 5.98. The zero-order valence-corrected chi connectivity index (χ0v) is 12.0. The van der Waals surface area contributed by atoms with Crippen LogP contribution in [0.3, 0.4) is 0 Å². The maximum Gasteiger partial charge on any atom is 0.0509 e. The fourth-order valence-corrected chi connectivity index (χ4v) is 2.59. The molecule has 1 fully saturated rings. The van der Waals surface area contributed by atoms with Gasteiger partial charge in [-0.15, -0.1) is 0 Å². The van der Waals surface area contributed by atoms with Crippen molar-refractivity contribution < 1.29 is 4.74 Å². The van der Waals surface area contributed by atoms with Crippen LogP contribution in [0.1, 0.15) is 31.9 Å². The molecule has 0 aromatic heterocycles. The normalized spacial score (nSPS) is 23.6. The molecule has 1 saturated heterocycles. The molecular formula is C14H20BrNO. The molecule has 1 heterocycles. The van der Waals surface area contributed by atoms with Gasteiger partial charge >= 0.3 is 0 Å². The number of halogens is 1. The molecule has 3 heteroatoms. The first-order valence-corrected chi connectivity index (χ1v) is 7.05. The molecule has 1 aliphatic heterocycles.